The van der Waals surface area contributed by atoms with Crippen LogP contribution < -0.4 is 5.32 Å². The van der Waals surface area contributed by atoms with Crippen LogP contribution in [0.3, 0.4) is 0 Å². The van der Waals surface area contributed by atoms with Crippen molar-refractivity contribution in [3.63, 3.8) is 0 Å². The van der Waals surface area contributed by atoms with Crippen molar-refractivity contribution in [1.82, 2.24) is 5.32 Å². The molecule has 0 radical (unpaired) electrons. The van der Waals surface area contributed by atoms with Crippen LogP contribution in [0, 0.1) is 5.92 Å². The highest BCUT2D eigenvalue weighted by atomic mass is 32.2. The fraction of sp³-hybridized carbons (Fsp3) is 1.00. The molecule has 2 nitrogen and oxygen atoms in total. The number of hydrogen-bond acceptors (Lipinski definition) is 2. The Morgan fingerprint density at radius 2 is 2.27 bits per heavy atom. The maximum atomic E-state index is 10.7. The standard InChI is InChI=1S/C8H17NOS/c1-7-3-4-8(7)9-5-6-11(2)10/h7-9H,3-6H2,1-2H3. The second kappa shape index (κ2) is 4.21. The van der Waals surface area contributed by atoms with Crippen molar-refractivity contribution in [3.8, 4) is 0 Å². The molecule has 3 atom stereocenters. The second-order valence-electron chi connectivity index (χ2n) is 3.39. The third kappa shape index (κ3) is 2.91. The zero-order valence-corrected chi connectivity index (χ0v) is 8.12. The summed E-state index contributed by atoms with van der Waals surface area (Å²) in [6, 6.07) is 0.707. The molecule has 1 saturated carbocycles. The molecular weight excluding hydrogens is 158 g/mol. The van der Waals surface area contributed by atoms with E-state index in [1.807, 2.05) is 0 Å². The van der Waals surface area contributed by atoms with E-state index in [1.165, 1.54) is 12.8 Å². The Hall–Kier alpha value is 0.110. The Bertz CT molecular complexity index is 149. The molecule has 0 bridgehead atoms. The van der Waals surface area contributed by atoms with Crippen molar-refractivity contribution in [1.29, 1.82) is 0 Å². The first-order chi connectivity index (χ1) is 5.20. The highest BCUT2D eigenvalue weighted by Gasteiger charge is 2.25. The average Bonchev–Trinajstić information content (AvgIpc) is 1.94. The van der Waals surface area contributed by atoms with Crippen molar-refractivity contribution in [2.45, 2.75) is 25.8 Å². The predicted octanol–water partition coefficient (Wildman–Crippen LogP) is 0.753. The normalized spacial score (nSPS) is 32.9. The summed E-state index contributed by atoms with van der Waals surface area (Å²) in [7, 11) is -0.634. The molecule has 11 heavy (non-hydrogen) atoms. The topological polar surface area (TPSA) is 29.1 Å². The summed E-state index contributed by atoms with van der Waals surface area (Å²) in [5.74, 6) is 1.63. The molecule has 0 heterocycles. The van der Waals surface area contributed by atoms with Gasteiger partial charge < -0.3 is 5.32 Å². The maximum Gasteiger partial charge on any atom is 0.0357 e. The predicted molar refractivity (Wildman–Crippen MR) is 49.1 cm³/mol. The first-order valence-corrected chi connectivity index (χ1v) is 5.96. The minimum Gasteiger partial charge on any atom is -0.313 e. The van der Waals surface area contributed by atoms with Crippen molar-refractivity contribution in [3.05, 3.63) is 0 Å². The van der Waals surface area contributed by atoms with Gasteiger partial charge in [-0.05, 0) is 18.8 Å². The molecule has 1 aliphatic rings. The zero-order valence-electron chi connectivity index (χ0n) is 7.30. The summed E-state index contributed by atoms with van der Waals surface area (Å²) >= 11 is 0. The molecule has 0 amide bonds. The van der Waals surface area contributed by atoms with E-state index in [9.17, 15) is 4.21 Å². The van der Waals surface area contributed by atoms with Crippen LogP contribution in [0.4, 0.5) is 0 Å². The van der Waals surface area contributed by atoms with Gasteiger partial charge in [0.2, 0.25) is 0 Å². The maximum absolute atomic E-state index is 10.7. The fourth-order valence-electron chi connectivity index (χ4n) is 1.36. The lowest BCUT2D eigenvalue weighted by molar-refractivity contribution is 0.234. The number of hydrogen-bond donors (Lipinski definition) is 1. The van der Waals surface area contributed by atoms with E-state index in [4.69, 9.17) is 0 Å². The summed E-state index contributed by atoms with van der Waals surface area (Å²) in [4.78, 5) is 0. The Balaban J connectivity index is 1.99. The van der Waals surface area contributed by atoms with Gasteiger partial charge in [0.1, 0.15) is 0 Å². The molecular formula is C8H17NOS. The molecule has 1 rings (SSSR count). The first-order valence-electron chi connectivity index (χ1n) is 4.23. The Labute approximate surface area is 71.2 Å². The van der Waals surface area contributed by atoms with Gasteiger partial charge in [-0.15, -0.1) is 0 Å². The molecule has 1 aliphatic carbocycles. The third-order valence-corrected chi connectivity index (χ3v) is 3.19. The summed E-state index contributed by atoms with van der Waals surface area (Å²) in [5.41, 5.74) is 0. The van der Waals surface area contributed by atoms with Crippen LogP contribution >= 0.6 is 0 Å². The molecule has 0 aromatic carbocycles. The Morgan fingerprint density at radius 1 is 1.55 bits per heavy atom. The molecule has 1 fully saturated rings. The molecule has 0 aromatic heterocycles. The summed E-state index contributed by atoms with van der Waals surface area (Å²) in [6.45, 7) is 3.18. The lowest BCUT2D eigenvalue weighted by Gasteiger charge is -2.34. The monoisotopic (exact) mass is 175 g/mol. The van der Waals surface area contributed by atoms with Crippen LogP contribution in [0.5, 0.6) is 0 Å². The molecule has 66 valence electrons. The molecule has 0 spiro atoms. The summed E-state index contributed by atoms with van der Waals surface area (Å²) in [6.07, 6.45) is 4.41. The molecule has 0 saturated heterocycles. The van der Waals surface area contributed by atoms with Gasteiger partial charge in [0.15, 0.2) is 0 Å². The van der Waals surface area contributed by atoms with Crippen LogP contribution in [-0.4, -0.2) is 28.8 Å². The number of nitrogens with one attached hydrogen (secondary N) is 1. The van der Waals surface area contributed by atoms with Gasteiger partial charge in [-0.25, -0.2) is 0 Å². The van der Waals surface area contributed by atoms with E-state index < -0.39 is 10.8 Å². The van der Waals surface area contributed by atoms with E-state index in [0.29, 0.717) is 6.04 Å². The van der Waals surface area contributed by atoms with E-state index in [1.54, 1.807) is 6.26 Å². The minimum atomic E-state index is -0.634. The first kappa shape index (κ1) is 9.20. The van der Waals surface area contributed by atoms with E-state index in [2.05, 4.69) is 12.2 Å². The zero-order chi connectivity index (χ0) is 8.27. The molecule has 3 heteroatoms. The van der Waals surface area contributed by atoms with Gasteiger partial charge in [0, 0.05) is 35.4 Å². The summed E-state index contributed by atoms with van der Waals surface area (Å²) < 4.78 is 10.7. The van der Waals surface area contributed by atoms with Crippen LogP contribution in [0.2, 0.25) is 0 Å². The van der Waals surface area contributed by atoms with Crippen molar-refractivity contribution >= 4 is 10.8 Å². The van der Waals surface area contributed by atoms with Crippen LogP contribution in [-0.2, 0) is 10.8 Å². The van der Waals surface area contributed by atoms with Gasteiger partial charge in [0.25, 0.3) is 0 Å². The minimum absolute atomic E-state index is 0.634. The van der Waals surface area contributed by atoms with Crippen molar-refractivity contribution in [2.24, 2.45) is 5.92 Å². The average molecular weight is 175 g/mol. The largest absolute Gasteiger partial charge is 0.313 e. The lowest BCUT2D eigenvalue weighted by atomic mass is 9.81. The molecule has 0 aromatic rings. The molecule has 1 N–H and O–H groups in total. The Morgan fingerprint density at radius 3 is 2.64 bits per heavy atom. The van der Waals surface area contributed by atoms with Crippen molar-refractivity contribution in [2.75, 3.05) is 18.6 Å². The quantitative estimate of drug-likeness (QED) is 0.683. The van der Waals surface area contributed by atoms with E-state index in [-0.39, 0.29) is 0 Å². The molecule has 3 unspecified atom stereocenters. The summed E-state index contributed by atoms with van der Waals surface area (Å²) in [5, 5.41) is 3.41. The fourth-order valence-corrected chi connectivity index (χ4v) is 1.76. The highest BCUT2D eigenvalue weighted by Crippen LogP contribution is 2.25. The van der Waals surface area contributed by atoms with Gasteiger partial charge in [0.05, 0.1) is 0 Å². The molecule has 0 aliphatic heterocycles. The van der Waals surface area contributed by atoms with Crippen LogP contribution in [0.1, 0.15) is 19.8 Å². The van der Waals surface area contributed by atoms with Gasteiger partial charge in [-0.3, -0.25) is 4.21 Å². The van der Waals surface area contributed by atoms with E-state index >= 15 is 0 Å². The van der Waals surface area contributed by atoms with Gasteiger partial charge in [-0.2, -0.15) is 0 Å². The van der Waals surface area contributed by atoms with Crippen LogP contribution in [0.25, 0.3) is 0 Å². The lowest BCUT2D eigenvalue weighted by Crippen LogP contribution is -2.43. The highest BCUT2D eigenvalue weighted by molar-refractivity contribution is 7.84. The second-order valence-corrected chi connectivity index (χ2v) is 4.95. The van der Waals surface area contributed by atoms with Crippen LogP contribution in [0.15, 0.2) is 0 Å². The van der Waals surface area contributed by atoms with Crippen molar-refractivity contribution < 1.29 is 4.21 Å². The van der Waals surface area contributed by atoms with Gasteiger partial charge in [-0.1, -0.05) is 6.92 Å². The Kier molecular flexibility index (Phi) is 3.52. The number of rotatable bonds is 4. The SMILES string of the molecule is CC1CCC1NCCS(C)=O. The third-order valence-electron chi connectivity index (χ3n) is 2.42. The smallest absolute Gasteiger partial charge is 0.0357 e. The van der Waals surface area contributed by atoms with E-state index in [0.717, 1.165) is 18.2 Å². The van der Waals surface area contributed by atoms with Gasteiger partial charge >= 0.3 is 0 Å².